The molecule has 0 saturated heterocycles. The van der Waals surface area contributed by atoms with Crippen LogP contribution in [-0.4, -0.2) is 10.6 Å². The fourth-order valence-corrected chi connectivity index (χ4v) is 8.49. The number of para-hydroxylation sites is 2. The van der Waals surface area contributed by atoms with Gasteiger partial charge >= 0.3 is 0 Å². The van der Waals surface area contributed by atoms with Crippen LogP contribution in [0.25, 0.3) is 21.8 Å². The second kappa shape index (κ2) is 11.3. The van der Waals surface area contributed by atoms with Gasteiger partial charge in [-0.25, -0.2) is 0 Å². The van der Waals surface area contributed by atoms with E-state index in [-0.39, 0.29) is 23.9 Å². The van der Waals surface area contributed by atoms with Crippen molar-refractivity contribution in [3.05, 3.63) is 185 Å². The van der Waals surface area contributed by atoms with Crippen LogP contribution in [0.4, 0.5) is 5.69 Å². The topological polar surface area (TPSA) is 55.8 Å². The Morgan fingerprint density at radius 2 is 1.38 bits per heavy atom. The van der Waals surface area contributed by atoms with Gasteiger partial charge < -0.3 is 9.47 Å². The summed E-state index contributed by atoms with van der Waals surface area (Å²) in [5.74, 6) is 0.551. The SMILES string of the molecule is N#CC1=CC(n2c3ccccc3c3cc(C#N)ccc32)C(c2ccccc2C2C=CC=C(N3c4ccccc4C4C=CC=CC43)C2)C=C1. The summed E-state index contributed by atoms with van der Waals surface area (Å²) in [6, 6.07) is 36.9. The lowest BCUT2D eigenvalue weighted by atomic mass is 9.78. The van der Waals surface area contributed by atoms with E-state index in [1.54, 1.807) is 0 Å². The number of allylic oxidation sites excluding steroid dienone is 10. The summed E-state index contributed by atoms with van der Waals surface area (Å²) in [7, 11) is 0. The highest BCUT2D eigenvalue weighted by molar-refractivity contribution is 6.08. The average Bonchev–Trinajstić information content (AvgIpc) is 3.67. The van der Waals surface area contributed by atoms with Crippen LogP contribution in [0, 0.1) is 22.7 Å². The Morgan fingerprint density at radius 3 is 2.25 bits per heavy atom. The minimum Gasteiger partial charge on any atom is -0.337 e. The van der Waals surface area contributed by atoms with Gasteiger partial charge in [-0.05, 0) is 71.7 Å². The number of fused-ring (bicyclic) bond motifs is 6. The standard InChI is InChI=1S/C44H32N4/c45-27-29-21-23-43-39(24-29)37-16-5-8-19-42(37)48(43)44-25-30(28-46)20-22-38(44)34-13-2-1-12-33(34)31-10-9-11-32(26-31)47-40-17-6-3-14-35(40)36-15-4-7-18-41(36)47/h1-25,31,35,38,40,44H,26H2. The van der Waals surface area contributed by atoms with Crippen LogP contribution in [-0.2, 0) is 0 Å². The number of hydrogen-bond acceptors (Lipinski definition) is 3. The molecule has 5 aromatic rings. The lowest BCUT2D eigenvalue weighted by Crippen LogP contribution is -2.33. The Hall–Kier alpha value is -6.10. The predicted octanol–water partition coefficient (Wildman–Crippen LogP) is 10.0. The first kappa shape index (κ1) is 28.1. The fraction of sp³-hybridized carbons (Fsp3) is 0.136. The normalized spacial score (nSPS) is 23.8. The van der Waals surface area contributed by atoms with E-state index in [0.717, 1.165) is 28.2 Å². The molecule has 0 N–H and O–H groups in total. The molecule has 0 bridgehead atoms. The minimum absolute atomic E-state index is 0.000913. The van der Waals surface area contributed by atoms with Crippen molar-refractivity contribution in [3.63, 3.8) is 0 Å². The van der Waals surface area contributed by atoms with Crippen molar-refractivity contribution in [1.82, 2.24) is 4.57 Å². The lowest BCUT2D eigenvalue weighted by molar-refractivity contribution is 0.566. The maximum absolute atomic E-state index is 10.1. The molecule has 4 nitrogen and oxygen atoms in total. The van der Waals surface area contributed by atoms with Gasteiger partial charge in [0.05, 0.1) is 29.8 Å². The summed E-state index contributed by atoms with van der Waals surface area (Å²) in [6.07, 6.45) is 23.1. The van der Waals surface area contributed by atoms with Crippen LogP contribution in [0.1, 0.15) is 52.5 Å². The smallest absolute Gasteiger partial charge is 0.0991 e. The average molecular weight is 617 g/mol. The van der Waals surface area contributed by atoms with Crippen molar-refractivity contribution in [2.75, 3.05) is 4.90 Å². The monoisotopic (exact) mass is 616 g/mol. The van der Waals surface area contributed by atoms with E-state index in [9.17, 15) is 10.5 Å². The lowest BCUT2D eigenvalue weighted by Gasteiger charge is -2.35. The summed E-state index contributed by atoms with van der Waals surface area (Å²) >= 11 is 0. The second-order valence-electron chi connectivity index (χ2n) is 13.0. The maximum Gasteiger partial charge on any atom is 0.0991 e. The first-order valence-corrected chi connectivity index (χ1v) is 16.7. The van der Waals surface area contributed by atoms with E-state index in [2.05, 4.69) is 155 Å². The third-order valence-electron chi connectivity index (χ3n) is 10.6. The minimum atomic E-state index is -0.130. The van der Waals surface area contributed by atoms with Gasteiger partial charge in [0, 0.05) is 56.5 Å². The number of aromatic nitrogens is 1. The zero-order valence-electron chi connectivity index (χ0n) is 26.3. The molecule has 228 valence electrons. The second-order valence-corrected chi connectivity index (χ2v) is 13.0. The van der Waals surface area contributed by atoms with Gasteiger partial charge in [-0.15, -0.1) is 0 Å². The highest BCUT2D eigenvalue weighted by Gasteiger charge is 2.39. The van der Waals surface area contributed by atoms with Gasteiger partial charge in [0.2, 0.25) is 0 Å². The molecule has 0 saturated carbocycles. The number of nitrogens with zero attached hydrogens (tertiary/aromatic N) is 4. The zero-order chi connectivity index (χ0) is 32.2. The molecule has 4 heteroatoms. The Morgan fingerprint density at radius 1 is 0.625 bits per heavy atom. The van der Waals surface area contributed by atoms with Crippen LogP contribution < -0.4 is 4.90 Å². The molecule has 2 heterocycles. The number of anilines is 1. The summed E-state index contributed by atoms with van der Waals surface area (Å²) in [4.78, 5) is 2.55. The number of rotatable bonds is 4. The van der Waals surface area contributed by atoms with E-state index < -0.39 is 0 Å². The van der Waals surface area contributed by atoms with Crippen LogP contribution >= 0.6 is 0 Å². The van der Waals surface area contributed by atoms with Gasteiger partial charge in [0.15, 0.2) is 0 Å². The third kappa shape index (κ3) is 4.34. The van der Waals surface area contributed by atoms with Crippen molar-refractivity contribution in [2.45, 2.75) is 36.3 Å². The molecule has 5 atom stereocenters. The largest absolute Gasteiger partial charge is 0.337 e. The van der Waals surface area contributed by atoms with Crippen molar-refractivity contribution < 1.29 is 0 Å². The Labute approximate surface area is 280 Å². The molecule has 4 aromatic carbocycles. The van der Waals surface area contributed by atoms with Crippen LogP contribution in [0.2, 0.25) is 0 Å². The first-order chi connectivity index (χ1) is 23.7. The predicted molar refractivity (Wildman–Crippen MR) is 194 cm³/mol. The highest BCUT2D eigenvalue weighted by Crippen LogP contribution is 2.49. The molecule has 5 unspecified atom stereocenters. The summed E-state index contributed by atoms with van der Waals surface area (Å²) < 4.78 is 2.38. The van der Waals surface area contributed by atoms with Gasteiger partial charge in [-0.3, -0.25) is 0 Å². The Balaban J connectivity index is 1.13. The molecular weight excluding hydrogens is 585 g/mol. The summed E-state index contributed by atoms with van der Waals surface area (Å²) in [5.41, 5.74) is 10.1. The van der Waals surface area contributed by atoms with Crippen molar-refractivity contribution in [2.24, 2.45) is 0 Å². The van der Waals surface area contributed by atoms with Gasteiger partial charge in [-0.1, -0.05) is 103 Å². The quantitative estimate of drug-likeness (QED) is 0.202. The van der Waals surface area contributed by atoms with Gasteiger partial charge in [0.1, 0.15) is 0 Å². The molecule has 1 aliphatic heterocycles. The highest BCUT2D eigenvalue weighted by atomic mass is 15.2. The molecule has 0 fully saturated rings. The molecule has 3 aliphatic carbocycles. The first-order valence-electron chi connectivity index (χ1n) is 16.7. The van der Waals surface area contributed by atoms with Crippen molar-refractivity contribution in [1.29, 1.82) is 10.5 Å². The molecule has 48 heavy (non-hydrogen) atoms. The van der Waals surface area contributed by atoms with Crippen molar-refractivity contribution in [3.8, 4) is 12.1 Å². The number of hydrogen-bond donors (Lipinski definition) is 0. The molecule has 9 rings (SSSR count). The van der Waals surface area contributed by atoms with E-state index in [4.69, 9.17) is 0 Å². The van der Waals surface area contributed by atoms with Crippen LogP contribution in [0.5, 0.6) is 0 Å². The Kier molecular flexibility index (Phi) is 6.63. The fourth-order valence-electron chi connectivity index (χ4n) is 8.49. The van der Waals surface area contributed by atoms with E-state index >= 15 is 0 Å². The summed E-state index contributed by atoms with van der Waals surface area (Å²) in [5, 5.41) is 21.9. The van der Waals surface area contributed by atoms with Crippen LogP contribution in [0.3, 0.4) is 0 Å². The third-order valence-corrected chi connectivity index (χ3v) is 10.6. The maximum atomic E-state index is 10.1. The number of nitriles is 2. The molecule has 0 amide bonds. The molecular formula is C44H32N4. The van der Waals surface area contributed by atoms with E-state index in [1.165, 1.54) is 28.1 Å². The molecule has 4 aliphatic rings. The van der Waals surface area contributed by atoms with E-state index in [0.29, 0.717) is 17.1 Å². The van der Waals surface area contributed by atoms with E-state index in [1.807, 2.05) is 18.2 Å². The molecule has 1 aromatic heterocycles. The van der Waals surface area contributed by atoms with Crippen molar-refractivity contribution >= 4 is 27.5 Å². The van der Waals surface area contributed by atoms with Gasteiger partial charge in [-0.2, -0.15) is 10.5 Å². The summed E-state index contributed by atoms with van der Waals surface area (Å²) in [6.45, 7) is 0. The zero-order valence-corrected chi connectivity index (χ0v) is 26.3. The Bertz CT molecular complexity index is 2400. The number of benzene rings is 4. The molecule has 0 radical (unpaired) electrons. The van der Waals surface area contributed by atoms with Crippen LogP contribution in [0.15, 0.2) is 163 Å². The molecule has 0 spiro atoms. The van der Waals surface area contributed by atoms with Gasteiger partial charge in [0.25, 0.3) is 0 Å².